The fourth-order valence-electron chi connectivity index (χ4n) is 2.66. The number of methoxy groups -OCH3 is 1. The Morgan fingerprint density at radius 3 is 2.44 bits per heavy atom. The Morgan fingerprint density at radius 2 is 2.00 bits per heavy atom. The van der Waals surface area contributed by atoms with E-state index in [0.29, 0.717) is 6.54 Å². The third kappa shape index (κ3) is 2.00. The van der Waals surface area contributed by atoms with Crippen molar-refractivity contribution in [3.8, 4) is 0 Å². The van der Waals surface area contributed by atoms with Crippen LogP contribution in [0.25, 0.3) is 0 Å². The molecule has 102 valence electrons. The maximum atomic E-state index is 12.4. The lowest BCUT2D eigenvalue weighted by molar-refractivity contribution is -0.162. The average molecular weight is 254 g/mol. The molecule has 1 heterocycles. The normalized spacial score (nSPS) is 29.8. The van der Waals surface area contributed by atoms with Gasteiger partial charge in [0.1, 0.15) is 11.6 Å². The number of hydrogen-bond donors (Lipinski definition) is 1. The molecule has 2 amide bonds. The number of nitrogens with zero attached hydrogens (tertiary/aromatic N) is 1. The average Bonchev–Trinajstić information content (AvgIpc) is 2.25. The summed E-state index contributed by atoms with van der Waals surface area (Å²) in [5, 5.41) is 2.75. The Kier molecular flexibility index (Phi) is 3.13. The molecule has 1 unspecified atom stereocenters. The minimum absolute atomic E-state index is 0.0297. The van der Waals surface area contributed by atoms with Crippen molar-refractivity contribution < 1.29 is 14.3 Å². The highest BCUT2D eigenvalue weighted by Gasteiger charge is 2.48. The van der Waals surface area contributed by atoms with Gasteiger partial charge in [-0.25, -0.2) is 0 Å². The van der Waals surface area contributed by atoms with E-state index in [1.165, 1.54) is 0 Å². The predicted octanol–water partition coefficient (Wildman–Crippen LogP) is 0.681. The Bertz CT molecular complexity index is 369. The Morgan fingerprint density at radius 1 is 1.39 bits per heavy atom. The van der Waals surface area contributed by atoms with Gasteiger partial charge in [-0.1, -0.05) is 0 Å². The molecule has 18 heavy (non-hydrogen) atoms. The molecule has 0 bridgehead atoms. The molecule has 0 spiro atoms. The number of rotatable bonds is 3. The number of piperazine rings is 1. The van der Waals surface area contributed by atoms with Gasteiger partial charge in [-0.05, 0) is 40.0 Å². The van der Waals surface area contributed by atoms with Crippen LogP contribution >= 0.6 is 0 Å². The van der Waals surface area contributed by atoms with E-state index in [2.05, 4.69) is 5.32 Å². The Balaban J connectivity index is 2.18. The van der Waals surface area contributed by atoms with Crippen LogP contribution in [0.2, 0.25) is 0 Å². The molecular weight excluding hydrogens is 232 g/mol. The molecule has 2 fully saturated rings. The van der Waals surface area contributed by atoms with Gasteiger partial charge in [0, 0.05) is 7.11 Å². The minimum atomic E-state index is -0.817. The molecule has 5 nitrogen and oxygen atoms in total. The molecule has 1 aliphatic carbocycles. The van der Waals surface area contributed by atoms with Crippen LogP contribution in [0.15, 0.2) is 0 Å². The molecule has 0 aromatic carbocycles. The lowest BCUT2D eigenvalue weighted by Gasteiger charge is -2.48. The number of carbonyl (C=O) groups excluding carboxylic acids is 2. The lowest BCUT2D eigenvalue weighted by Crippen LogP contribution is -2.69. The summed E-state index contributed by atoms with van der Waals surface area (Å²) < 4.78 is 5.55. The third-order valence-corrected chi connectivity index (χ3v) is 4.23. The van der Waals surface area contributed by atoms with Crippen molar-refractivity contribution in [3.63, 3.8) is 0 Å². The number of hydrogen-bond acceptors (Lipinski definition) is 3. The van der Waals surface area contributed by atoms with Gasteiger partial charge in [-0.15, -0.1) is 0 Å². The van der Waals surface area contributed by atoms with Crippen LogP contribution in [0.1, 0.15) is 40.0 Å². The van der Waals surface area contributed by atoms with Crippen LogP contribution in [0, 0.1) is 0 Å². The standard InChI is InChI=1S/C13H22N2O3/c1-9-10(16)14-12(2,3)11(17)15(9)8-13(18-4)6-5-7-13/h9H,5-8H2,1-4H3,(H,14,16). The van der Waals surface area contributed by atoms with Crippen molar-refractivity contribution in [1.82, 2.24) is 10.2 Å². The largest absolute Gasteiger partial charge is 0.376 e. The molecule has 1 aliphatic heterocycles. The first-order valence-corrected chi connectivity index (χ1v) is 6.50. The van der Waals surface area contributed by atoms with Crippen molar-refractivity contribution in [3.05, 3.63) is 0 Å². The van der Waals surface area contributed by atoms with Gasteiger partial charge in [0.2, 0.25) is 11.8 Å². The van der Waals surface area contributed by atoms with Gasteiger partial charge in [-0.3, -0.25) is 9.59 Å². The van der Waals surface area contributed by atoms with Gasteiger partial charge in [0.25, 0.3) is 0 Å². The van der Waals surface area contributed by atoms with E-state index in [9.17, 15) is 9.59 Å². The second kappa shape index (κ2) is 4.23. The molecule has 2 rings (SSSR count). The molecule has 0 radical (unpaired) electrons. The zero-order valence-electron chi connectivity index (χ0n) is 11.6. The first-order chi connectivity index (χ1) is 8.31. The summed E-state index contributed by atoms with van der Waals surface area (Å²) in [6.07, 6.45) is 3.05. The predicted molar refractivity (Wildman–Crippen MR) is 67.0 cm³/mol. The number of carbonyl (C=O) groups is 2. The van der Waals surface area contributed by atoms with Crippen molar-refractivity contribution in [2.45, 2.75) is 57.2 Å². The Hall–Kier alpha value is -1.10. The first-order valence-electron chi connectivity index (χ1n) is 6.50. The van der Waals surface area contributed by atoms with E-state index in [-0.39, 0.29) is 17.4 Å². The first kappa shape index (κ1) is 13.3. The SMILES string of the molecule is COC1(CN2C(=O)C(C)(C)NC(=O)C2C)CCC1. The molecule has 1 atom stereocenters. The molecule has 2 aliphatic rings. The van der Waals surface area contributed by atoms with E-state index >= 15 is 0 Å². The van der Waals surface area contributed by atoms with Crippen molar-refractivity contribution in [2.75, 3.05) is 13.7 Å². The number of ether oxygens (including phenoxy) is 1. The van der Waals surface area contributed by atoms with Crippen LogP contribution in [0.5, 0.6) is 0 Å². The highest BCUT2D eigenvalue weighted by molar-refractivity contribution is 5.99. The molecular formula is C13H22N2O3. The maximum absolute atomic E-state index is 12.4. The van der Waals surface area contributed by atoms with Crippen LogP contribution in [0.3, 0.4) is 0 Å². The van der Waals surface area contributed by atoms with Gasteiger partial charge in [-0.2, -0.15) is 0 Å². The second-order valence-corrected chi connectivity index (χ2v) is 5.96. The fraction of sp³-hybridized carbons (Fsp3) is 0.846. The van der Waals surface area contributed by atoms with Crippen LogP contribution in [-0.2, 0) is 14.3 Å². The summed E-state index contributed by atoms with van der Waals surface area (Å²) in [6.45, 7) is 5.77. The maximum Gasteiger partial charge on any atom is 0.248 e. The Labute approximate surface area is 108 Å². The summed E-state index contributed by atoms with van der Waals surface area (Å²) in [5.41, 5.74) is -1.06. The zero-order chi connectivity index (χ0) is 13.6. The fourth-order valence-corrected chi connectivity index (χ4v) is 2.66. The van der Waals surface area contributed by atoms with E-state index in [1.807, 2.05) is 0 Å². The minimum Gasteiger partial charge on any atom is -0.376 e. The smallest absolute Gasteiger partial charge is 0.248 e. The van der Waals surface area contributed by atoms with E-state index in [1.54, 1.807) is 32.8 Å². The van der Waals surface area contributed by atoms with Crippen molar-refractivity contribution in [1.29, 1.82) is 0 Å². The monoisotopic (exact) mass is 254 g/mol. The van der Waals surface area contributed by atoms with Crippen LogP contribution in [-0.4, -0.2) is 47.6 Å². The molecule has 1 saturated carbocycles. The van der Waals surface area contributed by atoms with Crippen LogP contribution < -0.4 is 5.32 Å². The highest BCUT2D eigenvalue weighted by Crippen LogP contribution is 2.37. The van der Waals surface area contributed by atoms with Crippen molar-refractivity contribution in [2.24, 2.45) is 0 Å². The topological polar surface area (TPSA) is 58.6 Å². The second-order valence-electron chi connectivity index (χ2n) is 5.96. The summed E-state index contributed by atoms with van der Waals surface area (Å²) in [6, 6.07) is -0.418. The summed E-state index contributed by atoms with van der Waals surface area (Å²) in [7, 11) is 1.68. The van der Waals surface area contributed by atoms with Crippen LogP contribution in [0.4, 0.5) is 0 Å². The molecule has 1 saturated heterocycles. The number of nitrogens with one attached hydrogen (secondary N) is 1. The number of amides is 2. The van der Waals surface area contributed by atoms with Gasteiger partial charge in [0.05, 0.1) is 12.1 Å². The summed E-state index contributed by atoms with van der Waals surface area (Å²) in [5.74, 6) is -0.122. The van der Waals surface area contributed by atoms with Gasteiger partial charge >= 0.3 is 0 Å². The molecule has 1 N–H and O–H groups in total. The summed E-state index contributed by atoms with van der Waals surface area (Å²) in [4.78, 5) is 26.0. The highest BCUT2D eigenvalue weighted by atomic mass is 16.5. The van der Waals surface area contributed by atoms with E-state index in [0.717, 1.165) is 19.3 Å². The van der Waals surface area contributed by atoms with E-state index < -0.39 is 11.6 Å². The summed E-state index contributed by atoms with van der Waals surface area (Å²) >= 11 is 0. The zero-order valence-corrected chi connectivity index (χ0v) is 11.6. The molecule has 0 aromatic heterocycles. The molecule has 5 heteroatoms. The van der Waals surface area contributed by atoms with E-state index in [4.69, 9.17) is 4.74 Å². The van der Waals surface area contributed by atoms with Gasteiger partial charge < -0.3 is 15.0 Å². The quantitative estimate of drug-likeness (QED) is 0.806. The van der Waals surface area contributed by atoms with Crippen molar-refractivity contribution >= 4 is 11.8 Å². The van der Waals surface area contributed by atoms with Gasteiger partial charge in [0.15, 0.2) is 0 Å². The molecule has 0 aromatic rings. The lowest BCUT2D eigenvalue weighted by atomic mass is 9.78. The third-order valence-electron chi connectivity index (χ3n) is 4.23.